The van der Waals surface area contributed by atoms with Crippen molar-refractivity contribution in [1.29, 1.82) is 0 Å². The normalized spacial score (nSPS) is 42.4. The molecule has 2 amide bonds. The molecule has 34 heavy (non-hydrogen) atoms. The molecule has 0 aromatic heterocycles. The third-order valence-corrected chi connectivity index (χ3v) is 9.45. The predicted molar refractivity (Wildman–Crippen MR) is 124 cm³/mol. The summed E-state index contributed by atoms with van der Waals surface area (Å²) in [4.78, 5) is 25.4. The van der Waals surface area contributed by atoms with E-state index in [-0.39, 0.29) is 41.8 Å². The van der Waals surface area contributed by atoms with Gasteiger partial charge in [-0.15, -0.1) is 23.2 Å². The van der Waals surface area contributed by atoms with E-state index in [1.165, 1.54) is 0 Å². The predicted octanol–water partition coefficient (Wildman–Crippen LogP) is 2.45. The molecule has 1 heterocycles. The summed E-state index contributed by atoms with van der Waals surface area (Å²) in [5, 5.41) is 19.7. The SMILES string of the molecule is O=C(COC1CCC(Cl)C(Cl)C1)NC12CCC(NC(=O)C3CCC(C(F)F)CN3)(CC1)C[C@@H]2O. The third kappa shape index (κ3) is 5.80. The number of carbonyl (C=O) groups is 2. The lowest BCUT2D eigenvalue weighted by Gasteiger charge is -2.56. The Labute approximate surface area is 209 Å². The van der Waals surface area contributed by atoms with Gasteiger partial charge in [-0.3, -0.25) is 9.59 Å². The zero-order valence-corrected chi connectivity index (χ0v) is 20.7. The highest BCUT2D eigenvalue weighted by molar-refractivity contribution is 6.30. The number of hydrogen-bond donors (Lipinski definition) is 4. The Bertz CT molecular complexity index is 746. The molecule has 5 rings (SSSR count). The monoisotopic (exact) mass is 525 g/mol. The van der Waals surface area contributed by atoms with Crippen LogP contribution < -0.4 is 16.0 Å². The number of aliphatic hydroxyl groups is 1. The number of rotatable bonds is 7. The second-order valence-corrected chi connectivity index (χ2v) is 11.7. The van der Waals surface area contributed by atoms with E-state index in [9.17, 15) is 23.5 Å². The Morgan fingerprint density at radius 2 is 1.79 bits per heavy atom. The maximum Gasteiger partial charge on any atom is 0.246 e. The number of fused-ring (bicyclic) bond motifs is 3. The molecular formula is C23H35Cl2F2N3O4. The minimum atomic E-state index is -2.38. The first-order valence-corrected chi connectivity index (χ1v) is 13.2. The summed E-state index contributed by atoms with van der Waals surface area (Å²) in [7, 11) is 0. The molecule has 4 aliphatic carbocycles. The number of carbonyl (C=O) groups excluding carboxylic acids is 2. The molecule has 5 unspecified atom stereocenters. The van der Waals surface area contributed by atoms with Gasteiger partial charge in [-0.25, -0.2) is 8.78 Å². The smallest absolute Gasteiger partial charge is 0.246 e. The Morgan fingerprint density at radius 3 is 2.38 bits per heavy atom. The van der Waals surface area contributed by atoms with Gasteiger partial charge in [0.05, 0.1) is 34.5 Å². The highest BCUT2D eigenvalue weighted by Crippen LogP contribution is 2.47. The topological polar surface area (TPSA) is 99.7 Å². The molecule has 5 fully saturated rings. The average Bonchev–Trinajstić information content (AvgIpc) is 2.81. The largest absolute Gasteiger partial charge is 0.391 e. The van der Waals surface area contributed by atoms with Gasteiger partial charge in [0.25, 0.3) is 0 Å². The maximum atomic E-state index is 12.9. The maximum absolute atomic E-state index is 12.9. The first kappa shape index (κ1) is 26.3. The molecule has 5 aliphatic rings. The number of hydrogen-bond acceptors (Lipinski definition) is 5. The van der Waals surface area contributed by atoms with Crippen molar-refractivity contribution in [2.75, 3.05) is 13.2 Å². The minimum Gasteiger partial charge on any atom is -0.391 e. The van der Waals surface area contributed by atoms with E-state index in [0.29, 0.717) is 51.4 Å². The van der Waals surface area contributed by atoms with Crippen molar-refractivity contribution in [3.05, 3.63) is 0 Å². The fraction of sp³-hybridized carbons (Fsp3) is 0.913. The van der Waals surface area contributed by atoms with Crippen molar-refractivity contribution in [1.82, 2.24) is 16.0 Å². The number of nitrogens with one attached hydrogen (secondary N) is 3. The lowest BCUT2D eigenvalue weighted by atomic mass is 9.59. The fourth-order valence-electron chi connectivity index (χ4n) is 6.03. The van der Waals surface area contributed by atoms with Crippen LogP contribution in [0.1, 0.15) is 64.2 Å². The van der Waals surface area contributed by atoms with Crippen LogP contribution >= 0.6 is 23.2 Å². The number of halogens is 4. The van der Waals surface area contributed by atoms with Gasteiger partial charge in [0.2, 0.25) is 18.2 Å². The van der Waals surface area contributed by atoms with Crippen LogP contribution in [0.3, 0.4) is 0 Å². The molecule has 7 nitrogen and oxygen atoms in total. The first-order valence-electron chi connectivity index (χ1n) is 12.3. The molecule has 194 valence electrons. The molecule has 6 atom stereocenters. The Kier molecular flexibility index (Phi) is 8.29. The quantitative estimate of drug-likeness (QED) is 0.382. The first-order chi connectivity index (χ1) is 16.1. The Hall–Kier alpha value is -0.740. The number of aliphatic hydroxyl groups excluding tert-OH is 1. The summed E-state index contributed by atoms with van der Waals surface area (Å²) < 4.78 is 31.5. The summed E-state index contributed by atoms with van der Waals surface area (Å²) in [5.41, 5.74) is -1.25. The molecule has 0 aromatic carbocycles. The zero-order chi connectivity index (χ0) is 24.5. The molecule has 0 radical (unpaired) electrons. The summed E-state index contributed by atoms with van der Waals surface area (Å²) in [5.74, 6) is -1.18. The highest BCUT2D eigenvalue weighted by atomic mass is 35.5. The molecule has 0 spiro atoms. The molecule has 4 N–H and O–H groups in total. The van der Waals surface area contributed by atoms with E-state index >= 15 is 0 Å². The number of amides is 2. The van der Waals surface area contributed by atoms with Gasteiger partial charge in [-0.1, -0.05) is 0 Å². The molecule has 0 aromatic rings. The molecular weight excluding hydrogens is 491 g/mol. The standard InChI is InChI=1S/C23H35Cl2F2N3O4/c24-15-3-2-14(9-16(15)25)34-12-19(32)29-23-7-5-22(6-8-23,10-18(23)31)30-21(33)17-4-1-13(11-28-17)20(26)27/h13-18,20,28,31H,1-12H2,(H,29,32)(H,30,33)/t13?,14?,15?,16?,17?,18-,22?,23?/m0/s1. The van der Waals surface area contributed by atoms with E-state index in [0.717, 1.165) is 12.8 Å². The second kappa shape index (κ2) is 10.7. The number of ether oxygens (including phenoxy) is 1. The van der Waals surface area contributed by atoms with Crippen LogP contribution in [-0.4, -0.2) is 76.6 Å². The number of piperidine rings is 1. The van der Waals surface area contributed by atoms with Crippen molar-refractivity contribution in [2.45, 2.75) is 111 Å². The second-order valence-electron chi connectivity index (χ2n) is 10.6. The van der Waals surface area contributed by atoms with Crippen LogP contribution in [-0.2, 0) is 14.3 Å². The van der Waals surface area contributed by atoms with E-state index < -0.39 is 35.6 Å². The summed E-state index contributed by atoms with van der Waals surface area (Å²) in [6.07, 6.45) is 2.25. The summed E-state index contributed by atoms with van der Waals surface area (Å²) in [6, 6.07) is -0.492. The number of alkyl halides is 4. The Morgan fingerprint density at radius 1 is 1.06 bits per heavy atom. The van der Waals surface area contributed by atoms with E-state index in [4.69, 9.17) is 27.9 Å². The van der Waals surface area contributed by atoms with Crippen LogP contribution in [0.4, 0.5) is 8.78 Å². The van der Waals surface area contributed by atoms with Gasteiger partial charge < -0.3 is 25.8 Å². The molecule has 2 bridgehead atoms. The lowest BCUT2D eigenvalue weighted by molar-refractivity contribution is -0.140. The van der Waals surface area contributed by atoms with Crippen LogP contribution in [0.15, 0.2) is 0 Å². The van der Waals surface area contributed by atoms with Crippen molar-refractivity contribution in [3.8, 4) is 0 Å². The van der Waals surface area contributed by atoms with Crippen LogP contribution in [0, 0.1) is 5.92 Å². The van der Waals surface area contributed by atoms with Crippen molar-refractivity contribution < 1.29 is 28.2 Å². The van der Waals surface area contributed by atoms with Gasteiger partial charge in [0, 0.05) is 18.0 Å². The van der Waals surface area contributed by atoms with Crippen LogP contribution in [0.2, 0.25) is 0 Å². The summed E-state index contributed by atoms with van der Waals surface area (Å²) >= 11 is 12.3. The van der Waals surface area contributed by atoms with E-state index in [1.54, 1.807) is 0 Å². The van der Waals surface area contributed by atoms with Crippen molar-refractivity contribution in [3.63, 3.8) is 0 Å². The molecule has 11 heteroatoms. The summed E-state index contributed by atoms with van der Waals surface area (Å²) in [6.45, 7) is 0.0337. The zero-order valence-electron chi connectivity index (χ0n) is 19.2. The van der Waals surface area contributed by atoms with E-state index in [1.807, 2.05) is 0 Å². The Balaban J connectivity index is 1.24. The molecule has 1 saturated heterocycles. The van der Waals surface area contributed by atoms with Gasteiger partial charge in [0.1, 0.15) is 6.61 Å². The molecule has 4 saturated carbocycles. The van der Waals surface area contributed by atoms with Gasteiger partial charge >= 0.3 is 0 Å². The van der Waals surface area contributed by atoms with Crippen molar-refractivity contribution in [2.24, 2.45) is 5.92 Å². The minimum absolute atomic E-state index is 0.0712. The fourth-order valence-corrected chi connectivity index (χ4v) is 6.58. The van der Waals surface area contributed by atoms with Gasteiger partial charge in [-0.05, 0) is 64.2 Å². The lowest BCUT2D eigenvalue weighted by Crippen LogP contribution is -2.71. The highest BCUT2D eigenvalue weighted by Gasteiger charge is 2.55. The van der Waals surface area contributed by atoms with Gasteiger partial charge in [-0.2, -0.15) is 0 Å². The third-order valence-electron chi connectivity index (χ3n) is 8.32. The van der Waals surface area contributed by atoms with Crippen molar-refractivity contribution >= 4 is 35.0 Å². The van der Waals surface area contributed by atoms with Crippen LogP contribution in [0.25, 0.3) is 0 Å². The van der Waals surface area contributed by atoms with Crippen LogP contribution in [0.5, 0.6) is 0 Å². The van der Waals surface area contributed by atoms with Gasteiger partial charge in [0.15, 0.2) is 0 Å². The molecule has 1 aliphatic heterocycles. The van der Waals surface area contributed by atoms with E-state index in [2.05, 4.69) is 16.0 Å². The average molecular weight is 526 g/mol.